The third-order valence-electron chi connectivity index (χ3n) is 2.91. The normalized spacial score (nSPS) is 10.5. The highest BCUT2D eigenvalue weighted by atomic mass is 35.5. The van der Waals surface area contributed by atoms with Crippen molar-refractivity contribution in [2.75, 3.05) is 20.8 Å². The van der Waals surface area contributed by atoms with Crippen molar-refractivity contribution in [1.29, 1.82) is 0 Å². The van der Waals surface area contributed by atoms with Crippen LogP contribution in [0.2, 0.25) is 5.02 Å². The van der Waals surface area contributed by atoms with E-state index >= 15 is 0 Å². The van der Waals surface area contributed by atoms with Crippen molar-refractivity contribution in [3.63, 3.8) is 0 Å². The van der Waals surface area contributed by atoms with Crippen LogP contribution in [0.25, 0.3) is 11.1 Å². The largest absolute Gasteiger partial charge is 0.495 e. The first-order valence-corrected chi connectivity index (χ1v) is 6.47. The molecule has 2 aromatic rings. The molecule has 99 valence electrons. The molecule has 0 N–H and O–H groups in total. The lowest BCUT2D eigenvalue weighted by molar-refractivity contribution is 0.202. The lowest BCUT2D eigenvalue weighted by atomic mass is 10.0. The van der Waals surface area contributed by atoms with Crippen LogP contribution in [0, 0.1) is 6.07 Å². The number of halogens is 1. The number of hydrogen-bond acceptors (Lipinski definition) is 2. The van der Waals surface area contributed by atoms with Gasteiger partial charge in [-0.05, 0) is 18.1 Å². The summed E-state index contributed by atoms with van der Waals surface area (Å²) >= 11 is 6.22. The van der Waals surface area contributed by atoms with Crippen LogP contribution in [0.1, 0.15) is 5.56 Å². The van der Waals surface area contributed by atoms with E-state index in [-0.39, 0.29) is 0 Å². The molecule has 0 aromatic heterocycles. The molecule has 19 heavy (non-hydrogen) atoms. The lowest BCUT2D eigenvalue weighted by Gasteiger charge is -2.11. The zero-order valence-corrected chi connectivity index (χ0v) is 11.8. The van der Waals surface area contributed by atoms with Gasteiger partial charge in [0.2, 0.25) is 0 Å². The predicted molar refractivity (Wildman–Crippen MR) is 77.9 cm³/mol. The molecule has 2 rings (SSSR count). The minimum absolute atomic E-state index is 0.672. The molecule has 0 atom stereocenters. The quantitative estimate of drug-likeness (QED) is 0.821. The van der Waals surface area contributed by atoms with Crippen LogP contribution >= 0.6 is 11.6 Å². The van der Waals surface area contributed by atoms with Crippen LogP contribution in [0.3, 0.4) is 0 Å². The van der Waals surface area contributed by atoms with E-state index in [1.807, 2.05) is 36.4 Å². The monoisotopic (exact) mass is 275 g/mol. The van der Waals surface area contributed by atoms with Crippen molar-refractivity contribution in [2.45, 2.75) is 6.42 Å². The first kappa shape index (κ1) is 13.9. The molecule has 0 amide bonds. The van der Waals surface area contributed by atoms with E-state index in [1.54, 1.807) is 14.2 Å². The van der Waals surface area contributed by atoms with Crippen molar-refractivity contribution < 1.29 is 9.47 Å². The molecule has 0 bridgehead atoms. The van der Waals surface area contributed by atoms with E-state index in [9.17, 15) is 0 Å². The molecular weight excluding hydrogens is 260 g/mol. The summed E-state index contributed by atoms with van der Waals surface area (Å²) in [7, 11) is 3.33. The van der Waals surface area contributed by atoms with E-state index in [4.69, 9.17) is 21.1 Å². The number of rotatable bonds is 5. The number of ether oxygens (including phenoxy) is 2. The SMILES string of the molecule is COCCc1[c]c(OC)c(-c2ccccc2Cl)cc1. The third kappa shape index (κ3) is 3.28. The van der Waals surface area contributed by atoms with E-state index in [1.165, 1.54) is 0 Å². The van der Waals surface area contributed by atoms with Gasteiger partial charge in [0.15, 0.2) is 0 Å². The van der Waals surface area contributed by atoms with Gasteiger partial charge in [-0.1, -0.05) is 41.9 Å². The molecule has 0 aliphatic carbocycles. The standard InChI is InChI=1S/C16H16ClO2/c1-18-10-9-12-7-8-14(16(11-12)19-2)13-5-3-4-6-15(13)17/h3-8H,9-10H2,1-2H3. The van der Waals surface area contributed by atoms with Crippen LogP contribution < -0.4 is 4.74 Å². The Bertz CT molecular complexity index is 552. The van der Waals surface area contributed by atoms with Crippen molar-refractivity contribution >= 4 is 11.6 Å². The Hall–Kier alpha value is -1.51. The summed E-state index contributed by atoms with van der Waals surface area (Å²) in [5.41, 5.74) is 2.97. The molecule has 0 heterocycles. The summed E-state index contributed by atoms with van der Waals surface area (Å²) in [5, 5.41) is 0.707. The fourth-order valence-corrected chi connectivity index (χ4v) is 2.16. The zero-order valence-electron chi connectivity index (χ0n) is 11.1. The Morgan fingerprint density at radius 2 is 1.84 bits per heavy atom. The van der Waals surface area contributed by atoms with Gasteiger partial charge in [-0.2, -0.15) is 0 Å². The van der Waals surface area contributed by atoms with Crippen molar-refractivity contribution in [3.8, 4) is 16.9 Å². The highest BCUT2D eigenvalue weighted by Crippen LogP contribution is 2.34. The minimum atomic E-state index is 0.672. The van der Waals surface area contributed by atoms with E-state index in [0.717, 1.165) is 23.1 Å². The maximum Gasteiger partial charge on any atom is 0.134 e. The minimum Gasteiger partial charge on any atom is -0.495 e. The van der Waals surface area contributed by atoms with Crippen LogP contribution in [0.15, 0.2) is 36.4 Å². The summed E-state index contributed by atoms with van der Waals surface area (Å²) < 4.78 is 10.5. The molecule has 1 radical (unpaired) electrons. The van der Waals surface area contributed by atoms with E-state index < -0.39 is 0 Å². The average Bonchev–Trinajstić information content (AvgIpc) is 2.45. The predicted octanol–water partition coefficient (Wildman–Crippen LogP) is 4.00. The molecule has 0 fully saturated rings. The molecule has 0 spiro atoms. The Morgan fingerprint density at radius 3 is 2.53 bits per heavy atom. The van der Waals surface area contributed by atoms with Gasteiger partial charge in [-0.3, -0.25) is 0 Å². The van der Waals surface area contributed by atoms with Gasteiger partial charge >= 0.3 is 0 Å². The van der Waals surface area contributed by atoms with Crippen LogP contribution in [0.5, 0.6) is 5.75 Å². The van der Waals surface area contributed by atoms with Crippen LogP contribution in [-0.2, 0) is 11.2 Å². The smallest absolute Gasteiger partial charge is 0.134 e. The van der Waals surface area contributed by atoms with E-state index in [0.29, 0.717) is 17.4 Å². The molecule has 3 heteroatoms. The molecule has 2 nitrogen and oxygen atoms in total. The Kier molecular flexibility index (Phi) is 4.83. The van der Waals surface area contributed by atoms with Gasteiger partial charge in [0, 0.05) is 29.3 Å². The number of methoxy groups -OCH3 is 2. The Morgan fingerprint density at radius 1 is 1.05 bits per heavy atom. The molecule has 0 unspecified atom stereocenters. The first-order chi connectivity index (χ1) is 9.26. The Labute approximate surface area is 118 Å². The lowest BCUT2D eigenvalue weighted by Crippen LogP contribution is -1.97. The summed E-state index contributed by atoms with van der Waals surface area (Å²) in [4.78, 5) is 0. The number of hydrogen-bond donors (Lipinski definition) is 0. The van der Waals surface area contributed by atoms with Crippen LogP contribution in [-0.4, -0.2) is 20.8 Å². The second kappa shape index (κ2) is 6.60. The van der Waals surface area contributed by atoms with Crippen LogP contribution in [0.4, 0.5) is 0 Å². The zero-order chi connectivity index (χ0) is 13.7. The molecule has 0 saturated carbocycles. The highest BCUT2D eigenvalue weighted by molar-refractivity contribution is 6.33. The second-order valence-electron chi connectivity index (χ2n) is 4.15. The molecular formula is C16H16ClO2. The van der Waals surface area contributed by atoms with Gasteiger partial charge in [-0.25, -0.2) is 0 Å². The van der Waals surface area contributed by atoms with E-state index in [2.05, 4.69) is 6.07 Å². The summed E-state index contributed by atoms with van der Waals surface area (Å²) in [6.07, 6.45) is 0.815. The van der Waals surface area contributed by atoms with Gasteiger partial charge in [0.1, 0.15) is 5.75 Å². The number of benzene rings is 2. The molecule has 2 aromatic carbocycles. The molecule has 0 saturated heterocycles. The van der Waals surface area contributed by atoms with Gasteiger partial charge in [-0.15, -0.1) is 0 Å². The topological polar surface area (TPSA) is 18.5 Å². The second-order valence-corrected chi connectivity index (χ2v) is 4.56. The fraction of sp³-hybridized carbons (Fsp3) is 0.250. The Balaban J connectivity index is 2.39. The van der Waals surface area contributed by atoms with Crippen molar-refractivity contribution in [3.05, 3.63) is 53.1 Å². The summed E-state index contributed by atoms with van der Waals surface area (Å²) in [6.45, 7) is 0.672. The molecule has 0 aliphatic rings. The average molecular weight is 276 g/mol. The maximum atomic E-state index is 6.22. The first-order valence-electron chi connectivity index (χ1n) is 6.09. The third-order valence-corrected chi connectivity index (χ3v) is 3.24. The summed E-state index contributed by atoms with van der Waals surface area (Å²) in [6, 6.07) is 15.0. The van der Waals surface area contributed by atoms with Gasteiger partial charge < -0.3 is 9.47 Å². The summed E-state index contributed by atoms with van der Waals surface area (Å²) in [5.74, 6) is 0.710. The van der Waals surface area contributed by atoms with Gasteiger partial charge in [0.05, 0.1) is 13.7 Å². The van der Waals surface area contributed by atoms with Crippen molar-refractivity contribution in [2.24, 2.45) is 0 Å². The highest BCUT2D eigenvalue weighted by Gasteiger charge is 2.10. The van der Waals surface area contributed by atoms with Crippen molar-refractivity contribution in [1.82, 2.24) is 0 Å². The maximum absolute atomic E-state index is 6.22. The van der Waals surface area contributed by atoms with Gasteiger partial charge in [0.25, 0.3) is 0 Å². The fourth-order valence-electron chi connectivity index (χ4n) is 1.93. The molecule has 0 aliphatic heterocycles.